The summed E-state index contributed by atoms with van der Waals surface area (Å²) < 4.78 is 20.1. The Balaban J connectivity index is 2.33. The predicted octanol–water partition coefficient (Wildman–Crippen LogP) is 3.55. The lowest BCUT2D eigenvalue weighted by Gasteiger charge is -2.27. The van der Waals surface area contributed by atoms with Gasteiger partial charge in [-0.3, -0.25) is 4.79 Å². The van der Waals surface area contributed by atoms with E-state index < -0.39 is 28.9 Å². The highest BCUT2D eigenvalue weighted by molar-refractivity contribution is 9.10. The molecule has 1 N–H and O–H groups in total. The molecule has 1 saturated heterocycles. The van der Waals surface area contributed by atoms with Crippen molar-refractivity contribution in [2.24, 2.45) is 0 Å². The van der Waals surface area contributed by atoms with Gasteiger partial charge in [-0.05, 0) is 45.4 Å². The largest absolute Gasteiger partial charge is 0.481 e. The van der Waals surface area contributed by atoms with Crippen LogP contribution in [0.25, 0.3) is 0 Å². The molecular formula is C16H19BrFNO4. The maximum Gasteiger partial charge on any atom is 0.410 e. The van der Waals surface area contributed by atoms with Crippen LogP contribution in [0.15, 0.2) is 22.7 Å². The number of aliphatic carboxylic acids is 1. The van der Waals surface area contributed by atoms with Crippen LogP contribution in [0.1, 0.15) is 32.8 Å². The number of carboxylic acid groups (broad SMARTS) is 1. The highest BCUT2D eigenvalue weighted by Crippen LogP contribution is 2.38. The third kappa shape index (κ3) is 3.65. The number of carbonyl (C=O) groups is 2. The van der Waals surface area contributed by atoms with Gasteiger partial charge in [0.1, 0.15) is 16.8 Å². The summed E-state index contributed by atoms with van der Waals surface area (Å²) in [6, 6.07) is 4.19. The highest BCUT2D eigenvalue weighted by atomic mass is 79.9. The number of amides is 1. The predicted molar refractivity (Wildman–Crippen MR) is 85.8 cm³/mol. The number of hydrogen-bond acceptors (Lipinski definition) is 3. The van der Waals surface area contributed by atoms with E-state index in [1.807, 2.05) is 0 Å². The quantitative estimate of drug-likeness (QED) is 0.842. The molecule has 1 aromatic carbocycles. The van der Waals surface area contributed by atoms with Crippen molar-refractivity contribution in [3.63, 3.8) is 0 Å². The molecule has 0 bridgehead atoms. The van der Waals surface area contributed by atoms with Gasteiger partial charge in [0.2, 0.25) is 0 Å². The standard InChI is InChI=1S/C16H19BrFNO4/c1-15(2,3)23-14(22)19-7-6-16(9-19,13(20)21)11-8-10(17)4-5-12(11)18/h4-5,8H,6-7,9H2,1-3H3,(H,20,21). The Kier molecular flexibility index (Phi) is 4.71. The molecule has 1 aliphatic rings. The first-order valence-electron chi connectivity index (χ1n) is 7.22. The lowest BCUT2D eigenvalue weighted by molar-refractivity contribution is -0.143. The third-order valence-electron chi connectivity index (χ3n) is 3.77. The number of hydrogen-bond donors (Lipinski definition) is 1. The molecule has 7 heteroatoms. The average Bonchev–Trinajstić information content (AvgIpc) is 2.86. The van der Waals surface area contributed by atoms with Crippen molar-refractivity contribution in [1.29, 1.82) is 0 Å². The number of carbonyl (C=O) groups excluding carboxylic acids is 1. The van der Waals surface area contributed by atoms with Gasteiger partial charge in [-0.15, -0.1) is 0 Å². The van der Waals surface area contributed by atoms with Crippen LogP contribution >= 0.6 is 15.9 Å². The molecule has 2 rings (SSSR count). The molecule has 126 valence electrons. The van der Waals surface area contributed by atoms with Gasteiger partial charge >= 0.3 is 12.1 Å². The Labute approximate surface area is 142 Å². The van der Waals surface area contributed by atoms with E-state index in [2.05, 4.69) is 15.9 Å². The van der Waals surface area contributed by atoms with Crippen LogP contribution in [0.3, 0.4) is 0 Å². The van der Waals surface area contributed by atoms with Gasteiger partial charge in [0, 0.05) is 23.1 Å². The maximum absolute atomic E-state index is 14.2. The Morgan fingerprint density at radius 1 is 1.39 bits per heavy atom. The van der Waals surface area contributed by atoms with Crippen molar-refractivity contribution in [3.05, 3.63) is 34.1 Å². The summed E-state index contributed by atoms with van der Waals surface area (Å²) in [5.74, 6) is -1.75. The van der Waals surface area contributed by atoms with Crippen LogP contribution in [0.5, 0.6) is 0 Å². The normalized spacial score (nSPS) is 21.3. The Bertz CT molecular complexity index is 643. The van der Waals surface area contributed by atoms with E-state index in [9.17, 15) is 19.1 Å². The molecule has 0 aromatic heterocycles. The molecule has 0 spiro atoms. The molecule has 1 atom stereocenters. The summed E-state index contributed by atoms with van der Waals surface area (Å²) in [4.78, 5) is 25.4. The summed E-state index contributed by atoms with van der Waals surface area (Å²) in [6.45, 7) is 5.29. The molecule has 1 aromatic rings. The second-order valence-electron chi connectivity index (χ2n) is 6.66. The summed E-state index contributed by atoms with van der Waals surface area (Å²) in [6.07, 6.45) is -0.453. The smallest absolute Gasteiger partial charge is 0.410 e. The molecule has 1 amide bonds. The molecule has 0 radical (unpaired) electrons. The first-order valence-corrected chi connectivity index (χ1v) is 8.01. The van der Waals surface area contributed by atoms with Gasteiger partial charge in [-0.1, -0.05) is 15.9 Å². The highest BCUT2D eigenvalue weighted by Gasteiger charge is 2.50. The number of likely N-dealkylation sites (tertiary alicyclic amines) is 1. The molecule has 1 heterocycles. The topological polar surface area (TPSA) is 66.8 Å². The van der Waals surface area contributed by atoms with Crippen LogP contribution < -0.4 is 0 Å². The Morgan fingerprint density at radius 2 is 2.04 bits per heavy atom. The zero-order chi connectivity index (χ0) is 17.4. The van der Waals surface area contributed by atoms with Crippen LogP contribution in [-0.4, -0.2) is 40.8 Å². The molecule has 23 heavy (non-hydrogen) atoms. The van der Waals surface area contributed by atoms with Crippen LogP contribution in [0.2, 0.25) is 0 Å². The lowest BCUT2D eigenvalue weighted by atomic mass is 9.79. The zero-order valence-electron chi connectivity index (χ0n) is 13.2. The van der Waals surface area contributed by atoms with E-state index >= 15 is 0 Å². The first-order chi connectivity index (χ1) is 10.5. The van der Waals surface area contributed by atoms with Crippen molar-refractivity contribution >= 4 is 28.0 Å². The molecule has 1 unspecified atom stereocenters. The number of benzene rings is 1. The van der Waals surface area contributed by atoms with Gasteiger partial charge in [-0.2, -0.15) is 0 Å². The van der Waals surface area contributed by atoms with E-state index in [0.29, 0.717) is 4.47 Å². The van der Waals surface area contributed by atoms with Crippen LogP contribution in [0.4, 0.5) is 9.18 Å². The molecule has 1 aliphatic heterocycles. The Hall–Kier alpha value is -1.63. The SMILES string of the molecule is CC(C)(C)OC(=O)N1CCC(C(=O)O)(c2cc(Br)ccc2F)C1. The first kappa shape index (κ1) is 17.7. The van der Waals surface area contributed by atoms with Gasteiger partial charge in [0.15, 0.2) is 0 Å². The number of ether oxygens (including phenoxy) is 1. The van der Waals surface area contributed by atoms with E-state index in [4.69, 9.17) is 4.74 Å². The molecule has 0 aliphatic carbocycles. The molecule has 0 saturated carbocycles. The van der Waals surface area contributed by atoms with E-state index in [-0.39, 0.29) is 25.1 Å². The van der Waals surface area contributed by atoms with Crippen molar-refractivity contribution < 1.29 is 23.8 Å². The fourth-order valence-electron chi connectivity index (χ4n) is 2.67. The van der Waals surface area contributed by atoms with E-state index in [1.165, 1.54) is 23.1 Å². The van der Waals surface area contributed by atoms with Gasteiger partial charge < -0.3 is 14.7 Å². The van der Waals surface area contributed by atoms with Crippen molar-refractivity contribution in [2.45, 2.75) is 38.2 Å². The Morgan fingerprint density at radius 3 is 2.61 bits per heavy atom. The summed E-state index contributed by atoms with van der Waals surface area (Å²) in [5.41, 5.74) is -2.07. The lowest BCUT2D eigenvalue weighted by Crippen LogP contribution is -2.42. The van der Waals surface area contributed by atoms with Gasteiger partial charge in [0.05, 0.1) is 0 Å². The third-order valence-corrected chi connectivity index (χ3v) is 4.27. The fourth-order valence-corrected chi connectivity index (χ4v) is 3.03. The molecule has 1 fully saturated rings. The van der Waals surface area contributed by atoms with Gasteiger partial charge in [0.25, 0.3) is 0 Å². The number of nitrogens with zero attached hydrogens (tertiary/aromatic N) is 1. The fraction of sp³-hybridized carbons (Fsp3) is 0.500. The summed E-state index contributed by atoms with van der Waals surface area (Å²) in [7, 11) is 0. The van der Waals surface area contributed by atoms with Crippen LogP contribution in [0, 0.1) is 5.82 Å². The minimum absolute atomic E-state index is 0.0745. The average molecular weight is 388 g/mol. The summed E-state index contributed by atoms with van der Waals surface area (Å²) in [5, 5.41) is 9.70. The maximum atomic E-state index is 14.2. The van der Waals surface area contributed by atoms with Crippen molar-refractivity contribution in [1.82, 2.24) is 4.90 Å². The minimum atomic E-state index is -1.47. The molecule has 5 nitrogen and oxygen atoms in total. The second-order valence-corrected chi connectivity index (χ2v) is 7.58. The summed E-state index contributed by atoms with van der Waals surface area (Å²) >= 11 is 3.24. The minimum Gasteiger partial charge on any atom is -0.481 e. The zero-order valence-corrected chi connectivity index (χ0v) is 14.8. The number of carboxylic acids is 1. The molecular weight excluding hydrogens is 369 g/mol. The van der Waals surface area contributed by atoms with E-state index in [0.717, 1.165) is 0 Å². The van der Waals surface area contributed by atoms with Crippen molar-refractivity contribution in [2.75, 3.05) is 13.1 Å². The number of rotatable bonds is 2. The monoisotopic (exact) mass is 387 g/mol. The van der Waals surface area contributed by atoms with Crippen molar-refractivity contribution in [3.8, 4) is 0 Å². The second kappa shape index (κ2) is 6.11. The van der Waals surface area contributed by atoms with Crippen LogP contribution in [-0.2, 0) is 14.9 Å². The number of halogens is 2. The van der Waals surface area contributed by atoms with E-state index in [1.54, 1.807) is 20.8 Å². The van der Waals surface area contributed by atoms with Gasteiger partial charge in [-0.25, -0.2) is 9.18 Å².